The molecule has 2 aliphatic rings. The minimum absolute atomic E-state index is 0.0420. The van der Waals surface area contributed by atoms with Crippen molar-refractivity contribution in [3.8, 4) is 5.75 Å². The second-order valence-electron chi connectivity index (χ2n) is 9.40. The van der Waals surface area contributed by atoms with E-state index in [9.17, 15) is 14.0 Å². The minimum atomic E-state index is -0.687. The second-order valence-corrected chi connectivity index (χ2v) is 11.1. The summed E-state index contributed by atoms with van der Waals surface area (Å²) < 4.78 is 30.3. The third-order valence-electron chi connectivity index (χ3n) is 6.05. The lowest BCUT2D eigenvalue weighted by atomic mass is 9.71. The molecule has 1 aromatic carbocycles. The number of hydrogen-bond donors (Lipinski definition) is 1. The Balaban J connectivity index is 1.73. The van der Waals surface area contributed by atoms with Gasteiger partial charge in [-0.2, -0.15) is 0 Å². The molecule has 0 radical (unpaired) electrons. The number of aryl methyl sites for hydroxylation is 1. The number of carbonyl (C=O) groups excluding carboxylic acids is 2. The quantitative estimate of drug-likeness (QED) is 0.477. The highest BCUT2D eigenvalue weighted by molar-refractivity contribution is 7.12. The van der Waals surface area contributed by atoms with Gasteiger partial charge >= 0.3 is 5.97 Å². The lowest BCUT2D eigenvalue weighted by molar-refractivity contribution is -0.139. The molecule has 0 saturated carbocycles. The van der Waals surface area contributed by atoms with E-state index in [-0.39, 0.29) is 40.9 Å². The molecule has 1 unspecified atom stereocenters. The molecule has 2 N–H and O–H groups in total. The van der Waals surface area contributed by atoms with Crippen LogP contribution in [0.5, 0.6) is 5.75 Å². The number of ether oxygens (including phenoxy) is 3. The van der Waals surface area contributed by atoms with Gasteiger partial charge in [-0.05, 0) is 43.5 Å². The molecule has 1 aliphatic carbocycles. The molecule has 1 aromatic heterocycles. The summed E-state index contributed by atoms with van der Waals surface area (Å²) in [6, 6.07) is 5.84. The average Bonchev–Trinajstić information content (AvgIpc) is 3.11. The van der Waals surface area contributed by atoms with Gasteiger partial charge in [0.2, 0.25) is 5.88 Å². The Morgan fingerprint density at radius 3 is 2.74 bits per heavy atom. The van der Waals surface area contributed by atoms with Gasteiger partial charge in [0.15, 0.2) is 5.78 Å². The van der Waals surface area contributed by atoms with Crippen molar-refractivity contribution in [2.45, 2.75) is 53.1 Å². The number of hydrogen-bond acceptors (Lipinski definition) is 7. The number of benzene rings is 1. The van der Waals surface area contributed by atoms with E-state index < -0.39 is 17.7 Å². The molecule has 0 saturated heterocycles. The molecular weight excluding hydrogens is 493 g/mol. The van der Waals surface area contributed by atoms with E-state index in [1.54, 1.807) is 6.92 Å². The summed E-state index contributed by atoms with van der Waals surface area (Å²) in [6.07, 6.45) is 0.871. The van der Waals surface area contributed by atoms with Crippen LogP contribution in [0, 0.1) is 18.2 Å². The standard InChI is InChI=1S/C26H27ClFNO5S/c1-5-32-25(31)23-22(21-17(30)10-26(3,4)11-19(21)34-24(23)29)20-8-14(13(2)35-20)12-33-18-7-6-15(28)9-16(18)27/h6-9,22H,5,10-12,29H2,1-4H3. The van der Waals surface area contributed by atoms with Crippen molar-refractivity contribution in [3.63, 3.8) is 0 Å². The van der Waals surface area contributed by atoms with E-state index >= 15 is 0 Å². The number of thiophene rings is 1. The Kier molecular flexibility index (Phi) is 6.97. The molecule has 0 amide bonds. The fourth-order valence-electron chi connectivity index (χ4n) is 4.46. The highest BCUT2D eigenvalue weighted by Gasteiger charge is 2.45. The molecule has 186 valence electrons. The highest BCUT2D eigenvalue weighted by Crippen LogP contribution is 2.50. The molecule has 4 rings (SSSR count). The van der Waals surface area contributed by atoms with Gasteiger partial charge in [0.05, 0.1) is 17.5 Å². The van der Waals surface area contributed by atoms with Crippen molar-refractivity contribution in [1.29, 1.82) is 0 Å². The van der Waals surface area contributed by atoms with Gasteiger partial charge in [-0.25, -0.2) is 9.18 Å². The van der Waals surface area contributed by atoms with Crippen LogP contribution in [0.4, 0.5) is 4.39 Å². The SMILES string of the molecule is CCOC(=O)C1=C(N)OC2=C(C(=O)CC(C)(C)C2)C1c1cc(COc2ccc(F)cc2Cl)c(C)s1. The smallest absolute Gasteiger partial charge is 0.340 e. The van der Waals surface area contributed by atoms with Gasteiger partial charge < -0.3 is 19.9 Å². The van der Waals surface area contributed by atoms with Gasteiger partial charge in [-0.3, -0.25) is 4.79 Å². The Labute approximate surface area is 212 Å². The molecule has 1 aliphatic heterocycles. The largest absolute Gasteiger partial charge is 0.487 e. The summed E-state index contributed by atoms with van der Waals surface area (Å²) in [5.41, 5.74) is 7.40. The number of ketones is 1. The van der Waals surface area contributed by atoms with Crippen LogP contribution in [0.1, 0.15) is 54.8 Å². The van der Waals surface area contributed by atoms with Crippen molar-refractivity contribution < 1.29 is 28.2 Å². The number of carbonyl (C=O) groups is 2. The number of nitrogens with two attached hydrogens (primary N) is 1. The number of rotatable bonds is 6. The molecule has 0 bridgehead atoms. The average molecular weight is 520 g/mol. The number of esters is 1. The van der Waals surface area contributed by atoms with Crippen LogP contribution in [0.25, 0.3) is 0 Å². The summed E-state index contributed by atoms with van der Waals surface area (Å²) in [6.45, 7) is 7.97. The summed E-state index contributed by atoms with van der Waals surface area (Å²) in [4.78, 5) is 27.9. The Morgan fingerprint density at radius 2 is 2.06 bits per heavy atom. The van der Waals surface area contributed by atoms with Crippen LogP contribution in [-0.4, -0.2) is 18.4 Å². The predicted molar refractivity (Wildman–Crippen MR) is 132 cm³/mol. The van der Waals surface area contributed by atoms with E-state index in [1.165, 1.54) is 29.5 Å². The molecule has 35 heavy (non-hydrogen) atoms. The van der Waals surface area contributed by atoms with Crippen molar-refractivity contribution >= 4 is 34.7 Å². The maximum atomic E-state index is 13.4. The molecule has 0 spiro atoms. The minimum Gasteiger partial charge on any atom is -0.487 e. The molecule has 1 atom stereocenters. The van der Waals surface area contributed by atoms with E-state index in [0.29, 0.717) is 29.9 Å². The maximum Gasteiger partial charge on any atom is 0.340 e. The molecule has 2 aromatic rings. The summed E-state index contributed by atoms with van der Waals surface area (Å²) in [5, 5.41) is 0.174. The van der Waals surface area contributed by atoms with Crippen LogP contribution in [0.15, 0.2) is 47.1 Å². The predicted octanol–water partition coefficient (Wildman–Crippen LogP) is 5.92. The van der Waals surface area contributed by atoms with Gasteiger partial charge in [-0.1, -0.05) is 25.4 Å². The lowest BCUT2D eigenvalue weighted by Gasteiger charge is -2.37. The second kappa shape index (κ2) is 9.66. The molecule has 6 nitrogen and oxygen atoms in total. The van der Waals surface area contributed by atoms with Crippen LogP contribution < -0.4 is 10.5 Å². The normalized spacial score (nSPS) is 19.4. The Hall–Kier alpha value is -2.84. The van der Waals surface area contributed by atoms with E-state index in [2.05, 4.69) is 0 Å². The van der Waals surface area contributed by atoms with Gasteiger partial charge in [0, 0.05) is 33.7 Å². The molecule has 9 heteroatoms. The third kappa shape index (κ3) is 5.09. The zero-order chi connectivity index (χ0) is 25.5. The molecular formula is C26H27ClFNO5S. The van der Waals surface area contributed by atoms with Crippen molar-refractivity contribution in [3.05, 3.63) is 73.2 Å². The van der Waals surface area contributed by atoms with Gasteiger partial charge in [0.25, 0.3) is 0 Å². The summed E-state index contributed by atoms with van der Waals surface area (Å²) in [5.74, 6) is -0.997. The van der Waals surface area contributed by atoms with Crippen LogP contribution in [-0.2, 0) is 25.7 Å². The zero-order valence-electron chi connectivity index (χ0n) is 20.0. The first-order chi connectivity index (χ1) is 16.5. The molecule has 0 fully saturated rings. The topological polar surface area (TPSA) is 87.9 Å². The highest BCUT2D eigenvalue weighted by atomic mass is 35.5. The lowest BCUT2D eigenvalue weighted by Crippen LogP contribution is -2.35. The van der Waals surface area contributed by atoms with E-state index in [1.807, 2.05) is 26.8 Å². The maximum absolute atomic E-state index is 13.4. The number of halogens is 2. The first-order valence-corrected chi connectivity index (χ1v) is 12.5. The monoisotopic (exact) mass is 519 g/mol. The van der Waals surface area contributed by atoms with Gasteiger partial charge in [0.1, 0.15) is 29.5 Å². The number of Topliss-reactive ketones (excluding diaryl/α,β-unsaturated/α-hetero) is 1. The summed E-state index contributed by atoms with van der Waals surface area (Å²) >= 11 is 7.54. The van der Waals surface area contributed by atoms with E-state index in [4.69, 9.17) is 31.5 Å². The Bertz CT molecular complexity index is 1260. The Morgan fingerprint density at radius 1 is 1.31 bits per heavy atom. The first-order valence-electron chi connectivity index (χ1n) is 11.3. The van der Waals surface area contributed by atoms with Crippen LogP contribution in [0.3, 0.4) is 0 Å². The van der Waals surface area contributed by atoms with Gasteiger partial charge in [-0.15, -0.1) is 11.3 Å². The fraction of sp³-hybridized carbons (Fsp3) is 0.385. The van der Waals surface area contributed by atoms with Crippen LogP contribution in [0.2, 0.25) is 5.02 Å². The van der Waals surface area contributed by atoms with Crippen molar-refractivity contribution in [2.75, 3.05) is 6.61 Å². The number of allylic oxidation sites excluding steroid dienone is 2. The summed E-state index contributed by atoms with van der Waals surface area (Å²) in [7, 11) is 0. The zero-order valence-corrected chi connectivity index (χ0v) is 21.6. The molecule has 2 heterocycles. The van der Waals surface area contributed by atoms with Crippen LogP contribution >= 0.6 is 22.9 Å². The van der Waals surface area contributed by atoms with Crippen molar-refractivity contribution in [1.82, 2.24) is 0 Å². The van der Waals surface area contributed by atoms with Crippen molar-refractivity contribution in [2.24, 2.45) is 11.1 Å². The third-order valence-corrected chi connectivity index (χ3v) is 7.50. The van der Waals surface area contributed by atoms with E-state index in [0.717, 1.165) is 15.3 Å². The fourth-order valence-corrected chi connectivity index (χ4v) is 5.83. The first kappa shape index (κ1) is 25.3.